The summed E-state index contributed by atoms with van der Waals surface area (Å²) < 4.78 is 47.8. The average Bonchev–Trinajstić information content (AvgIpc) is 3.20. The molecule has 3 aromatic rings. The topological polar surface area (TPSA) is 150 Å². The van der Waals surface area contributed by atoms with Gasteiger partial charge < -0.3 is 10.5 Å². The fourth-order valence-electron chi connectivity index (χ4n) is 3.19. The lowest BCUT2D eigenvalue weighted by Gasteiger charge is -2.13. The molecular formula is C20H24ClFN6O5S. The Morgan fingerprint density at radius 1 is 1.24 bits per heavy atom. The number of amides is 1. The van der Waals surface area contributed by atoms with Gasteiger partial charge in [0.2, 0.25) is 10.0 Å². The summed E-state index contributed by atoms with van der Waals surface area (Å²) in [6.07, 6.45) is 1.20. The first-order chi connectivity index (χ1) is 15.7. The van der Waals surface area contributed by atoms with Crippen molar-refractivity contribution in [1.29, 1.82) is 0 Å². The number of nitrogens with one attached hydrogen (secondary N) is 2. The number of hydrogen-bond acceptors (Lipinski definition) is 8. The number of aromatic nitrogens is 3. The predicted molar refractivity (Wildman–Crippen MR) is 126 cm³/mol. The maximum absolute atomic E-state index is 14.1. The third-order valence-corrected chi connectivity index (χ3v) is 6.17. The van der Waals surface area contributed by atoms with E-state index in [1.54, 1.807) is 0 Å². The molecule has 3 rings (SSSR count). The Morgan fingerprint density at radius 3 is 2.59 bits per heavy atom. The summed E-state index contributed by atoms with van der Waals surface area (Å²) >= 11 is 0. The van der Waals surface area contributed by atoms with Crippen molar-refractivity contribution in [2.75, 3.05) is 27.8 Å². The van der Waals surface area contributed by atoms with Crippen molar-refractivity contribution in [3.05, 3.63) is 47.8 Å². The minimum absolute atomic E-state index is 0. The Kier molecular flexibility index (Phi) is 9.06. The number of carbonyl (C=O) groups is 1. The Bertz CT molecular complexity index is 1330. The van der Waals surface area contributed by atoms with Crippen molar-refractivity contribution in [3.8, 4) is 16.9 Å². The number of hydroxylamine groups is 1. The number of carbonyl (C=O) groups excluding carboxylic acids is 1. The number of fused-ring (bicyclic) bond motifs is 1. The number of sulfonamides is 1. The van der Waals surface area contributed by atoms with Crippen LogP contribution in [0.3, 0.4) is 0 Å². The average molecular weight is 515 g/mol. The molecule has 0 fully saturated rings. The van der Waals surface area contributed by atoms with E-state index in [0.717, 1.165) is 0 Å². The van der Waals surface area contributed by atoms with Gasteiger partial charge in [0.15, 0.2) is 0 Å². The second-order valence-corrected chi connectivity index (χ2v) is 8.62. The van der Waals surface area contributed by atoms with Gasteiger partial charge in [0.05, 0.1) is 31.2 Å². The monoisotopic (exact) mass is 514 g/mol. The molecule has 1 heterocycles. The van der Waals surface area contributed by atoms with Crippen LogP contribution >= 0.6 is 12.4 Å². The van der Waals surface area contributed by atoms with Gasteiger partial charge in [0, 0.05) is 23.2 Å². The van der Waals surface area contributed by atoms with Gasteiger partial charge in [-0.3, -0.25) is 9.63 Å². The van der Waals surface area contributed by atoms with Crippen LogP contribution in [0.5, 0.6) is 5.75 Å². The molecule has 0 radical (unpaired) electrons. The van der Waals surface area contributed by atoms with Gasteiger partial charge in [-0.2, -0.15) is 0 Å². The van der Waals surface area contributed by atoms with Gasteiger partial charge in [0.1, 0.15) is 17.1 Å². The fourth-order valence-corrected chi connectivity index (χ4v) is 3.95. The molecule has 184 valence electrons. The zero-order chi connectivity index (χ0) is 24.2. The van der Waals surface area contributed by atoms with Crippen LogP contribution in [0, 0.1) is 0 Å². The number of allylic oxidation sites excluding steroid dienone is 1. The Labute approximate surface area is 201 Å². The molecule has 1 amide bonds. The van der Waals surface area contributed by atoms with Gasteiger partial charge in [-0.15, -0.1) is 17.5 Å². The highest BCUT2D eigenvalue weighted by Gasteiger charge is 2.21. The van der Waals surface area contributed by atoms with Crippen molar-refractivity contribution in [1.82, 2.24) is 25.2 Å². The van der Waals surface area contributed by atoms with Crippen molar-refractivity contribution >= 4 is 39.4 Å². The van der Waals surface area contributed by atoms with Gasteiger partial charge in [-0.25, -0.2) is 27.7 Å². The third-order valence-electron chi connectivity index (χ3n) is 4.76. The van der Waals surface area contributed by atoms with E-state index < -0.39 is 21.8 Å². The van der Waals surface area contributed by atoms with E-state index in [0.29, 0.717) is 27.9 Å². The first-order valence-electron chi connectivity index (χ1n) is 9.62. The van der Waals surface area contributed by atoms with Crippen molar-refractivity contribution < 1.29 is 27.2 Å². The smallest absolute Gasteiger partial charge is 0.274 e. The van der Waals surface area contributed by atoms with Crippen molar-refractivity contribution in [3.63, 3.8) is 0 Å². The second kappa shape index (κ2) is 11.4. The van der Waals surface area contributed by atoms with Crippen LogP contribution in [0.15, 0.2) is 47.1 Å². The SMILES string of the molecule is CNS(=O)(=O)c1ccc(OC)c(-c2cc(C(=O)NOC)cc3c2nnn3C/C(F)=C/CN)c1.Cl. The summed E-state index contributed by atoms with van der Waals surface area (Å²) in [6, 6.07) is 7.24. The van der Waals surface area contributed by atoms with Crippen LogP contribution in [0.2, 0.25) is 0 Å². The summed E-state index contributed by atoms with van der Waals surface area (Å²) in [4.78, 5) is 17.2. The van der Waals surface area contributed by atoms with E-state index >= 15 is 0 Å². The minimum Gasteiger partial charge on any atom is -0.496 e. The first-order valence-corrected chi connectivity index (χ1v) is 11.1. The molecule has 0 bridgehead atoms. The van der Waals surface area contributed by atoms with Gasteiger partial charge in [-0.1, -0.05) is 5.21 Å². The summed E-state index contributed by atoms with van der Waals surface area (Å²) in [5.74, 6) is -0.777. The highest BCUT2D eigenvalue weighted by atomic mass is 35.5. The fraction of sp³-hybridized carbons (Fsp3) is 0.250. The number of methoxy groups -OCH3 is 1. The predicted octanol–water partition coefficient (Wildman–Crippen LogP) is 1.54. The maximum atomic E-state index is 14.1. The van der Waals surface area contributed by atoms with Crippen molar-refractivity contribution in [2.45, 2.75) is 11.4 Å². The van der Waals surface area contributed by atoms with E-state index in [1.807, 2.05) is 0 Å². The standard InChI is InChI=1S/C20H23FN6O5S.ClH/c1-23-33(29,30)14-4-5-18(31-2)15(10-14)16-8-12(20(28)25-32-3)9-17-19(16)24-26-27(17)11-13(21)6-7-22;/h4-6,8-10,23H,7,11,22H2,1-3H3,(H,25,28);1H/b13-6-;. The number of nitrogens with two attached hydrogens (primary N) is 1. The number of ether oxygens (including phenoxy) is 1. The third kappa shape index (κ3) is 5.51. The molecule has 0 atom stereocenters. The van der Waals surface area contributed by atoms with Crippen LogP contribution in [-0.4, -0.2) is 57.1 Å². The highest BCUT2D eigenvalue weighted by molar-refractivity contribution is 7.89. The Balaban J connectivity index is 0.00000408. The highest BCUT2D eigenvalue weighted by Crippen LogP contribution is 2.37. The molecule has 11 nitrogen and oxygen atoms in total. The molecule has 0 saturated heterocycles. The molecule has 2 aromatic carbocycles. The van der Waals surface area contributed by atoms with Crippen LogP contribution in [0.1, 0.15) is 10.4 Å². The molecule has 0 aliphatic heterocycles. The number of rotatable bonds is 9. The molecule has 34 heavy (non-hydrogen) atoms. The normalized spacial score (nSPS) is 11.9. The zero-order valence-corrected chi connectivity index (χ0v) is 20.2. The molecule has 1 aromatic heterocycles. The molecule has 0 aliphatic rings. The quantitative estimate of drug-likeness (QED) is 0.364. The lowest BCUT2D eigenvalue weighted by Crippen LogP contribution is -2.22. The molecule has 14 heteroatoms. The van der Waals surface area contributed by atoms with E-state index in [9.17, 15) is 17.6 Å². The largest absolute Gasteiger partial charge is 0.496 e. The lowest BCUT2D eigenvalue weighted by molar-refractivity contribution is 0.0538. The van der Waals surface area contributed by atoms with Gasteiger partial charge in [-0.05, 0) is 43.5 Å². The molecule has 0 spiro atoms. The number of nitrogens with zero attached hydrogens (tertiary/aromatic N) is 3. The Morgan fingerprint density at radius 2 is 1.97 bits per heavy atom. The van der Waals surface area contributed by atoms with E-state index in [1.165, 1.54) is 62.4 Å². The summed E-state index contributed by atoms with van der Waals surface area (Å²) in [7, 11) is 0.227. The van der Waals surface area contributed by atoms with Crippen LogP contribution < -0.4 is 20.7 Å². The minimum atomic E-state index is -3.77. The lowest BCUT2D eigenvalue weighted by atomic mass is 9.99. The second-order valence-electron chi connectivity index (χ2n) is 6.73. The number of benzene rings is 2. The summed E-state index contributed by atoms with van der Waals surface area (Å²) in [5, 5.41) is 8.15. The van der Waals surface area contributed by atoms with Crippen molar-refractivity contribution in [2.24, 2.45) is 5.73 Å². The van der Waals surface area contributed by atoms with E-state index in [4.69, 9.17) is 15.3 Å². The number of halogens is 2. The zero-order valence-electron chi connectivity index (χ0n) is 18.5. The van der Waals surface area contributed by atoms with Gasteiger partial charge in [0.25, 0.3) is 5.91 Å². The molecule has 0 saturated carbocycles. The summed E-state index contributed by atoms with van der Waals surface area (Å²) in [6.45, 7) is -0.247. The van der Waals surface area contributed by atoms with Crippen LogP contribution in [-0.2, 0) is 21.4 Å². The summed E-state index contributed by atoms with van der Waals surface area (Å²) in [5.41, 5.74) is 9.07. The molecule has 0 aliphatic carbocycles. The molecule has 0 unspecified atom stereocenters. The Hall–Kier alpha value is -3.10. The van der Waals surface area contributed by atoms with Crippen LogP contribution in [0.4, 0.5) is 4.39 Å². The first kappa shape index (κ1) is 27.1. The molecular weight excluding hydrogens is 491 g/mol. The van der Waals surface area contributed by atoms with Crippen LogP contribution in [0.25, 0.3) is 22.2 Å². The maximum Gasteiger partial charge on any atom is 0.274 e. The van der Waals surface area contributed by atoms with Gasteiger partial charge >= 0.3 is 0 Å². The number of hydrogen-bond donors (Lipinski definition) is 3. The van der Waals surface area contributed by atoms with E-state index in [-0.39, 0.29) is 36.0 Å². The molecule has 4 N–H and O–H groups in total. The van der Waals surface area contributed by atoms with E-state index in [2.05, 4.69) is 20.5 Å².